The zero-order chi connectivity index (χ0) is 70.4. The van der Waals surface area contributed by atoms with Crippen LogP contribution in [-0.2, 0) is 65.4 Å². The van der Waals surface area contributed by atoms with Crippen molar-refractivity contribution in [1.29, 1.82) is 0 Å². The molecule has 0 aromatic rings. The first-order valence-electron chi connectivity index (χ1n) is 37.5. The summed E-state index contributed by atoms with van der Waals surface area (Å²) >= 11 is 0. The van der Waals surface area contributed by atoms with Crippen LogP contribution in [0.1, 0.15) is 310 Å². The first-order valence-corrected chi connectivity index (χ1v) is 40.5. The van der Waals surface area contributed by atoms with Crippen LogP contribution in [0.4, 0.5) is 0 Å². The molecule has 0 amide bonds. The zero-order valence-corrected chi connectivity index (χ0v) is 62.1. The lowest BCUT2D eigenvalue weighted by Gasteiger charge is -2.21. The molecule has 5 atom stereocenters. The molecule has 0 fully saturated rings. The molecule has 96 heavy (non-hydrogen) atoms. The molecule has 0 heterocycles. The van der Waals surface area contributed by atoms with Crippen LogP contribution >= 0.6 is 15.6 Å². The zero-order valence-electron chi connectivity index (χ0n) is 60.3. The summed E-state index contributed by atoms with van der Waals surface area (Å²) in [6, 6.07) is 0. The van der Waals surface area contributed by atoms with Gasteiger partial charge >= 0.3 is 39.5 Å². The number of hydrogen-bond acceptors (Lipinski definition) is 15. The molecule has 5 unspecified atom stereocenters. The fourth-order valence-electron chi connectivity index (χ4n) is 9.96. The average Bonchev–Trinajstić information content (AvgIpc) is 1.84. The standard InChI is InChI=1S/C77H134O17P2/c1-5-9-13-17-21-25-29-32-34-35-37-40-43-46-50-54-58-62-75(80)87-67-72(93-76(81)63-59-55-51-47-41-28-24-20-16-12-8-4)69-91-95(83,84)89-65-71(78)66-90-96(85,86)92-70-73(94-77(82)64-60-56-52-48-44-38-31-27-23-19-15-11-7-3)68-88-74(79)61-57-53-49-45-42-39-36-33-30-26-22-18-14-10-6-2/h9-10,13-14,21-22,25-26,32-34,36,42,45,53,57,71-73,78H,5-8,11-12,15-20,23-24,27-31,35,37-41,43-44,46-52,54-56,58-70H2,1-4H3,(H,83,84)(H,85,86)/b13-9-,14-10-,25-21-,26-22-,34-32-,36-33-,45-42-,57-53-. The Morgan fingerprint density at radius 3 is 0.927 bits per heavy atom. The van der Waals surface area contributed by atoms with E-state index in [1.807, 2.05) is 18.2 Å². The summed E-state index contributed by atoms with van der Waals surface area (Å²) in [4.78, 5) is 72.7. The highest BCUT2D eigenvalue weighted by Gasteiger charge is 2.30. The van der Waals surface area contributed by atoms with Crippen molar-refractivity contribution < 1.29 is 80.2 Å². The summed E-state index contributed by atoms with van der Waals surface area (Å²) in [5, 5.41) is 10.6. The molecule has 0 aromatic heterocycles. The maximum atomic E-state index is 13.0. The van der Waals surface area contributed by atoms with Crippen LogP contribution in [0.3, 0.4) is 0 Å². The third-order valence-electron chi connectivity index (χ3n) is 15.6. The number of hydrogen-bond donors (Lipinski definition) is 3. The van der Waals surface area contributed by atoms with Gasteiger partial charge in [0, 0.05) is 19.3 Å². The van der Waals surface area contributed by atoms with Crippen LogP contribution in [0.15, 0.2) is 97.2 Å². The van der Waals surface area contributed by atoms with Crippen LogP contribution in [0, 0.1) is 0 Å². The highest BCUT2D eigenvalue weighted by atomic mass is 31.2. The lowest BCUT2D eigenvalue weighted by atomic mass is 10.0. The van der Waals surface area contributed by atoms with E-state index >= 15 is 0 Å². The third kappa shape index (κ3) is 68.5. The summed E-state index contributed by atoms with van der Waals surface area (Å²) in [7, 11) is -9.96. The molecule has 0 bridgehead atoms. The lowest BCUT2D eigenvalue weighted by molar-refractivity contribution is -0.161. The van der Waals surface area contributed by atoms with E-state index in [0.717, 1.165) is 141 Å². The molecule has 0 rings (SSSR count). The van der Waals surface area contributed by atoms with Gasteiger partial charge in [-0.05, 0) is 83.5 Å². The van der Waals surface area contributed by atoms with Crippen molar-refractivity contribution in [3.63, 3.8) is 0 Å². The molecule has 0 spiro atoms. The van der Waals surface area contributed by atoms with E-state index in [0.29, 0.717) is 25.7 Å². The van der Waals surface area contributed by atoms with E-state index in [-0.39, 0.29) is 25.7 Å². The number of phosphoric ester groups is 2. The van der Waals surface area contributed by atoms with E-state index in [1.165, 1.54) is 89.9 Å². The Kier molecular flexibility index (Phi) is 66.6. The van der Waals surface area contributed by atoms with E-state index < -0.39 is 97.5 Å². The normalized spacial score (nSPS) is 14.5. The Balaban J connectivity index is 5.36. The summed E-state index contributed by atoms with van der Waals surface area (Å²) in [5.41, 5.74) is 0. The molecule has 0 saturated carbocycles. The number of allylic oxidation sites excluding steroid dienone is 15. The van der Waals surface area contributed by atoms with Gasteiger partial charge in [-0.15, -0.1) is 0 Å². The molecule has 0 aliphatic rings. The Labute approximate surface area is 582 Å². The smallest absolute Gasteiger partial charge is 0.462 e. The van der Waals surface area contributed by atoms with E-state index in [9.17, 15) is 43.2 Å². The quantitative estimate of drug-likeness (QED) is 0.0169. The van der Waals surface area contributed by atoms with E-state index in [4.69, 9.17) is 37.0 Å². The van der Waals surface area contributed by atoms with Gasteiger partial charge in [0.1, 0.15) is 19.3 Å². The largest absolute Gasteiger partial charge is 0.472 e. The first kappa shape index (κ1) is 92.0. The molecular formula is C77H134O17P2. The number of aliphatic hydroxyl groups is 1. The maximum absolute atomic E-state index is 13.0. The highest BCUT2D eigenvalue weighted by Crippen LogP contribution is 2.45. The fourth-order valence-corrected chi connectivity index (χ4v) is 11.5. The number of phosphoric acid groups is 2. The highest BCUT2D eigenvalue weighted by molar-refractivity contribution is 7.47. The van der Waals surface area contributed by atoms with E-state index in [1.54, 1.807) is 6.08 Å². The van der Waals surface area contributed by atoms with Gasteiger partial charge in [0.15, 0.2) is 12.2 Å². The molecule has 554 valence electrons. The van der Waals surface area contributed by atoms with Crippen molar-refractivity contribution in [3.05, 3.63) is 97.2 Å². The SMILES string of the molecule is CC/C=C\C/C=C\C/C=C\C/C=C\C/C=C\CC(=O)OCC(COP(=O)(O)OCC(O)COP(=O)(O)OCC(COC(=O)CCCCCCCCC/C=C\C/C=C\C/C=C\CC)OC(=O)CCCCCCCCCCCCC)OC(=O)CCCCCCCCCCCCCCC. The van der Waals surface area contributed by atoms with Crippen molar-refractivity contribution in [3.8, 4) is 0 Å². The van der Waals surface area contributed by atoms with Crippen LogP contribution in [0.25, 0.3) is 0 Å². The van der Waals surface area contributed by atoms with Gasteiger partial charge in [0.2, 0.25) is 0 Å². The summed E-state index contributed by atoms with van der Waals surface area (Å²) < 4.78 is 68.3. The van der Waals surface area contributed by atoms with Gasteiger partial charge in [-0.3, -0.25) is 37.3 Å². The minimum atomic E-state index is -4.99. The van der Waals surface area contributed by atoms with Gasteiger partial charge in [0.25, 0.3) is 0 Å². The van der Waals surface area contributed by atoms with Gasteiger partial charge < -0.3 is 33.8 Å². The predicted molar refractivity (Wildman–Crippen MR) is 390 cm³/mol. The Morgan fingerprint density at radius 1 is 0.312 bits per heavy atom. The fraction of sp³-hybridized carbons (Fsp3) is 0.740. The van der Waals surface area contributed by atoms with Crippen molar-refractivity contribution in [2.45, 2.75) is 329 Å². The monoisotopic (exact) mass is 1390 g/mol. The molecular weight excluding hydrogens is 1260 g/mol. The third-order valence-corrected chi connectivity index (χ3v) is 17.5. The molecule has 0 radical (unpaired) electrons. The number of rotatable bonds is 70. The Hall–Kier alpha value is -4.02. The van der Waals surface area contributed by atoms with E-state index in [2.05, 4.69) is 101 Å². The molecule has 17 nitrogen and oxygen atoms in total. The maximum Gasteiger partial charge on any atom is 0.472 e. The predicted octanol–water partition coefficient (Wildman–Crippen LogP) is 21.2. The van der Waals surface area contributed by atoms with Crippen LogP contribution in [0.5, 0.6) is 0 Å². The summed E-state index contributed by atoms with van der Waals surface area (Å²) in [5.74, 6) is -2.32. The second-order valence-electron chi connectivity index (χ2n) is 24.9. The van der Waals surface area contributed by atoms with Crippen molar-refractivity contribution in [2.24, 2.45) is 0 Å². The van der Waals surface area contributed by atoms with Gasteiger partial charge in [-0.1, -0.05) is 298 Å². The number of unbranched alkanes of at least 4 members (excludes halogenated alkanes) is 29. The molecule has 0 aliphatic carbocycles. The Bertz CT molecular complexity index is 2200. The second-order valence-corrected chi connectivity index (χ2v) is 27.8. The summed E-state index contributed by atoms with van der Waals surface area (Å²) in [6.45, 7) is 4.54. The topological polar surface area (TPSA) is 237 Å². The number of aliphatic hydroxyl groups excluding tert-OH is 1. The molecule has 0 aliphatic heterocycles. The minimum absolute atomic E-state index is 0.0682. The van der Waals surface area contributed by atoms with Crippen molar-refractivity contribution in [2.75, 3.05) is 39.6 Å². The van der Waals surface area contributed by atoms with Gasteiger partial charge in [-0.2, -0.15) is 0 Å². The van der Waals surface area contributed by atoms with Gasteiger partial charge in [0.05, 0.1) is 32.8 Å². The van der Waals surface area contributed by atoms with Crippen LogP contribution in [-0.4, -0.2) is 96.7 Å². The molecule has 0 saturated heterocycles. The minimum Gasteiger partial charge on any atom is -0.462 e. The van der Waals surface area contributed by atoms with Crippen LogP contribution in [0.2, 0.25) is 0 Å². The first-order chi connectivity index (χ1) is 46.7. The number of ether oxygens (including phenoxy) is 4. The van der Waals surface area contributed by atoms with Crippen LogP contribution < -0.4 is 0 Å². The second kappa shape index (κ2) is 69.5. The number of carbonyl (C=O) groups is 4. The molecule has 3 N–H and O–H groups in total. The Morgan fingerprint density at radius 2 is 0.583 bits per heavy atom. The molecule has 0 aromatic carbocycles. The average molecular weight is 1390 g/mol. The molecule has 19 heteroatoms. The van der Waals surface area contributed by atoms with Crippen molar-refractivity contribution >= 4 is 39.5 Å². The summed E-state index contributed by atoms with van der Waals surface area (Å²) in [6.07, 6.45) is 71.5. The van der Waals surface area contributed by atoms with Gasteiger partial charge in [-0.25, -0.2) is 9.13 Å². The number of esters is 4. The number of carbonyl (C=O) groups excluding carboxylic acids is 4. The van der Waals surface area contributed by atoms with Crippen molar-refractivity contribution in [1.82, 2.24) is 0 Å². The lowest BCUT2D eigenvalue weighted by Crippen LogP contribution is -2.30.